The highest BCUT2D eigenvalue weighted by atomic mass is 32.1. The van der Waals surface area contributed by atoms with Gasteiger partial charge < -0.3 is 14.2 Å². The van der Waals surface area contributed by atoms with Gasteiger partial charge in [0.15, 0.2) is 5.58 Å². The van der Waals surface area contributed by atoms with Crippen molar-refractivity contribution >= 4 is 87.6 Å². The zero-order chi connectivity index (χ0) is 31.3. The Labute approximate surface area is 277 Å². The summed E-state index contributed by atoms with van der Waals surface area (Å²) in [5.74, 6) is 0. The number of hydrogen-bond acceptors (Lipinski definition) is 4. The van der Waals surface area contributed by atoms with Crippen LogP contribution in [0.2, 0.25) is 0 Å². The minimum Gasteiger partial charge on any atom is -0.454 e. The topological polar surface area (TPSA) is 19.6 Å². The highest BCUT2D eigenvalue weighted by molar-refractivity contribution is 7.25. The first kappa shape index (κ1) is 27.5. The van der Waals surface area contributed by atoms with E-state index in [4.69, 9.17) is 4.42 Å². The number of nitrogens with zero attached hydrogens (tertiary/aromatic N) is 2. The van der Waals surface area contributed by atoms with Gasteiger partial charge in [0, 0.05) is 59.4 Å². The Hall–Kier alpha value is -5.84. The van der Waals surface area contributed by atoms with Gasteiger partial charge in [0.25, 0.3) is 0 Å². The molecule has 3 nitrogen and oxygen atoms in total. The van der Waals surface area contributed by atoms with Gasteiger partial charge in [0.05, 0.1) is 5.69 Å². The molecule has 0 N–H and O–H groups in total. The molecule has 0 amide bonds. The Morgan fingerprint density at radius 2 is 0.979 bits per heavy atom. The van der Waals surface area contributed by atoms with Crippen molar-refractivity contribution in [3.05, 3.63) is 169 Å². The summed E-state index contributed by atoms with van der Waals surface area (Å²) in [5, 5.41) is 4.74. The molecule has 2 heterocycles. The van der Waals surface area contributed by atoms with Crippen molar-refractivity contribution in [2.24, 2.45) is 0 Å². The minimum atomic E-state index is 0.865. The van der Waals surface area contributed by atoms with Gasteiger partial charge >= 0.3 is 0 Å². The van der Waals surface area contributed by atoms with Gasteiger partial charge in [-0.1, -0.05) is 72.8 Å². The quantitative estimate of drug-likeness (QED) is 0.184. The summed E-state index contributed by atoms with van der Waals surface area (Å²) in [6.07, 6.45) is 0. The van der Waals surface area contributed by atoms with E-state index in [0.29, 0.717) is 0 Å². The van der Waals surface area contributed by atoms with Gasteiger partial charge in [-0.05, 0) is 103 Å². The monoisotopic (exact) mass is 622 g/mol. The van der Waals surface area contributed by atoms with Crippen LogP contribution in [-0.4, -0.2) is 0 Å². The number of anilines is 6. The van der Waals surface area contributed by atoms with Crippen molar-refractivity contribution in [3.8, 4) is 0 Å². The van der Waals surface area contributed by atoms with Gasteiger partial charge in [-0.3, -0.25) is 0 Å². The van der Waals surface area contributed by atoms with Gasteiger partial charge in [-0.15, -0.1) is 11.3 Å². The number of fused-ring (bicyclic) bond motifs is 6. The first-order chi connectivity index (χ1) is 23.2. The van der Waals surface area contributed by atoms with Crippen molar-refractivity contribution in [2.45, 2.75) is 6.92 Å². The maximum absolute atomic E-state index is 6.79. The van der Waals surface area contributed by atoms with Crippen molar-refractivity contribution < 1.29 is 4.42 Å². The molecule has 7 aromatic carbocycles. The molecule has 0 radical (unpaired) electrons. The van der Waals surface area contributed by atoms with Crippen LogP contribution in [-0.2, 0) is 0 Å². The summed E-state index contributed by atoms with van der Waals surface area (Å²) in [5.41, 5.74) is 9.39. The lowest BCUT2D eigenvalue weighted by molar-refractivity contribution is 0.669. The van der Waals surface area contributed by atoms with Crippen LogP contribution in [0.1, 0.15) is 5.56 Å². The largest absolute Gasteiger partial charge is 0.454 e. The molecule has 0 fully saturated rings. The average Bonchev–Trinajstić information content (AvgIpc) is 3.68. The molecule has 0 unspecified atom stereocenters. The second-order valence-corrected chi connectivity index (χ2v) is 13.0. The van der Waals surface area contributed by atoms with Gasteiger partial charge in [-0.2, -0.15) is 0 Å². The van der Waals surface area contributed by atoms with Crippen LogP contribution in [0.15, 0.2) is 168 Å². The van der Waals surface area contributed by atoms with Crippen LogP contribution >= 0.6 is 11.3 Å². The molecule has 4 heteroatoms. The lowest BCUT2D eigenvalue weighted by Crippen LogP contribution is -2.10. The average molecular weight is 623 g/mol. The molecule has 0 saturated heterocycles. The number of benzene rings is 7. The fourth-order valence-electron chi connectivity index (χ4n) is 6.75. The van der Waals surface area contributed by atoms with E-state index in [1.807, 2.05) is 11.3 Å². The molecule has 2 aromatic heterocycles. The predicted octanol–water partition coefficient (Wildman–Crippen LogP) is 13.2. The van der Waals surface area contributed by atoms with Crippen molar-refractivity contribution in [3.63, 3.8) is 0 Å². The van der Waals surface area contributed by atoms with E-state index in [-0.39, 0.29) is 0 Å². The molecule has 9 rings (SSSR count). The Morgan fingerprint density at radius 1 is 0.426 bits per heavy atom. The minimum absolute atomic E-state index is 0.865. The first-order valence-corrected chi connectivity index (χ1v) is 16.7. The van der Waals surface area contributed by atoms with E-state index in [1.54, 1.807) is 0 Å². The van der Waals surface area contributed by atoms with Crippen LogP contribution in [0.5, 0.6) is 0 Å². The third kappa shape index (κ3) is 4.73. The second-order valence-electron chi connectivity index (χ2n) is 11.9. The predicted molar refractivity (Wildman–Crippen MR) is 201 cm³/mol. The molecule has 224 valence electrons. The number of para-hydroxylation sites is 3. The Kier molecular flexibility index (Phi) is 6.54. The van der Waals surface area contributed by atoms with E-state index in [0.717, 1.165) is 56.1 Å². The number of furan rings is 1. The maximum atomic E-state index is 6.79. The number of rotatable bonds is 6. The smallest absolute Gasteiger partial charge is 0.159 e. The lowest BCUT2D eigenvalue weighted by Gasteiger charge is -2.26. The van der Waals surface area contributed by atoms with Gasteiger partial charge in [0.2, 0.25) is 0 Å². The van der Waals surface area contributed by atoms with Crippen molar-refractivity contribution in [1.29, 1.82) is 0 Å². The lowest BCUT2D eigenvalue weighted by atomic mass is 10.1. The number of thiophene rings is 1. The first-order valence-electron chi connectivity index (χ1n) is 15.8. The third-order valence-corrected chi connectivity index (χ3v) is 9.99. The molecule has 0 aliphatic carbocycles. The Morgan fingerprint density at radius 3 is 1.68 bits per heavy atom. The molecule has 0 saturated carbocycles. The van der Waals surface area contributed by atoms with E-state index in [1.165, 1.54) is 25.7 Å². The van der Waals surface area contributed by atoms with Crippen LogP contribution in [0, 0.1) is 6.92 Å². The molecular weight excluding hydrogens is 593 g/mol. The molecular formula is C43H30N2OS. The molecule has 9 aromatic rings. The van der Waals surface area contributed by atoms with Gasteiger partial charge in [0.1, 0.15) is 5.58 Å². The summed E-state index contributed by atoms with van der Waals surface area (Å²) in [6, 6.07) is 58.2. The van der Waals surface area contributed by atoms with Crippen molar-refractivity contribution in [1.82, 2.24) is 0 Å². The zero-order valence-electron chi connectivity index (χ0n) is 25.8. The number of hydrogen-bond donors (Lipinski definition) is 0. The highest BCUT2D eigenvalue weighted by Crippen LogP contribution is 2.46. The van der Waals surface area contributed by atoms with Gasteiger partial charge in [-0.25, -0.2) is 0 Å². The van der Waals surface area contributed by atoms with Crippen LogP contribution in [0.3, 0.4) is 0 Å². The summed E-state index contributed by atoms with van der Waals surface area (Å²) >= 11 is 1.84. The fraction of sp³-hybridized carbons (Fsp3) is 0.0233. The summed E-state index contributed by atoms with van der Waals surface area (Å²) in [4.78, 5) is 4.64. The summed E-state index contributed by atoms with van der Waals surface area (Å²) < 4.78 is 9.38. The maximum Gasteiger partial charge on any atom is 0.159 e. The third-order valence-electron chi connectivity index (χ3n) is 8.84. The molecule has 47 heavy (non-hydrogen) atoms. The molecule has 0 aliphatic rings. The second kappa shape index (κ2) is 11.2. The molecule has 0 spiro atoms. The van der Waals surface area contributed by atoms with Crippen LogP contribution in [0.25, 0.3) is 42.1 Å². The zero-order valence-corrected chi connectivity index (χ0v) is 26.6. The van der Waals surface area contributed by atoms with E-state index in [9.17, 15) is 0 Å². The molecule has 0 bridgehead atoms. The number of aryl methyl sites for hydroxylation is 1. The molecule has 0 aliphatic heterocycles. The van der Waals surface area contributed by atoms with Crippen molar-refractivity contribution in [2.75, 3.05) is 9.80 Å². The summed E-state index contributed by atoms with van der Waals surface area (Å²) in [6.45, 7) is 2.17. The van der Waals surface area contributed by atoms with E-state index >= 15 is 0 Å². The highest BCUT2D eigenvalue weighted by Gasteiger charge is 2.22. The van der Waals surface area contributed by atoms with Crippen LogP contribution < -0.4 is 9.80 Å². The van der Waals surface area contributed by atoms with E-state index < -0.39 is 0 Å². The molecule has 0 atom stereocenters. The SMILES string of the molecule is Cc1cc(N(c2ccccc2)c2ccc3sc4ccccc4c3c2)c2oc3ccc(N(c4ccccc4)c4ccccc4)cc3c2c1. The standard InChI is InChI=1S/C43H30N2OS/c1-29-25-38-36-27-33(44(30-13-5-2-6-14-30)31-15-7-3-8-16-31)21-23-40(36)46-43(38)39(26-29)45(32-17-9-4-10-18-32)34-22-24-42-37(28-34)35-19-11-12-20-41(35)47-42/h2-28H,1H3. The summed E-state index contributed by atoms with van der Waals surface area (Å²) in [7, 11) is 0. The fourth-order valence-corrected chi connectivity index (χ4v) is 7.84. The van der Waals surface area contributed by atoms with E-state index in [2.05, 4.69) is 181 Å². The normalized spacial score (nSPS) is 11.5. The Balaban J connectivity index is 1.26. The van der Waals surface area contributed by atoms with Crippen LogP contribution in [0.4, 0.5) is 34.1 Å². The Bertz CT molecular complexity index is 2500.